The quantitative estimate of drug-likeness (QED) is 0.149. The number of benzene rings is 1. The van der Waals surface area contributed by atoms with Gasteiger partial charge in [0.15, 0.2) is 11.5 Å². The van der Waals surface area contributed by atoms with Gasteiger partial charge >= 0.3 is 6.09 Å². The molecule has 4 aromatic rings. The zero-order valence-corrected chi connectivity index (χ0v) is 30.0. The van der Waals surface area contributed by atoms with E-state index in [1.165, 1.54) is 0 Å². The van der Waals surface area contributed by atoms with Crippen LogP contribution < -0.4 is 10.2 Å². The zero-order valence-electron chi connectivity index (χ0n) is 28.3. The second-order valence-electron chi connectivity index (χ2n) is 15.0. The Morgan fingerprint density at radius 3 is 2.49 bits per heavy atom. The molecule has 1 amide bonds. The van der Waals surface area contributed by atoms with Crippen LogP contribution in [0.4, 0.5) is 10.6 Å². The van der Waals surface area contributed by atoms with Crippen molar-refractivity contribution >= 4 is 53.7 Å². The van der Waals surface area contributed by atoms with Gasteiger partial charge < -0.3 is 24.3 Å². The smallest absolute Gasteiger partial charge is 0.407 e. The van der Waals surface area contributed by atoms with Gasteiger partial charge in [-0.2, -0.15) is 5.10 Å². The van der Waals surface area contributed by atoms with Crippen LogP contribution in [0.5, 0.6) is 0 Å². The molecule has 0 bridgehead atoms. The van der Waals surface area contributed by atoms with E-state index in [4.69, 9.17) is 31.0 Å². The lowest BCUT2D eigenvalue weighted by atomic mass is 9.80. The first-order valence-electron chi connectivity index (χ1n) is 15.8. The molecule has 1 aliphatic rings. The first-order valence-corrected chi connectivity index (χ1v) is 19.9. The van der Waals surface area contributed by atoms with E-state index >= 15 is 0 Å². The Morgan fingerprint density at radius 2 is 1.82 bits per heavy atom. The fraction of sp³-hybridized carbons (Fsp3) is 0.576. The van der Waals surface area contributed by atoms with E-state index < -0.39 is 13.7 Å². The van der Waals surface area contributed by atoms with Crippen LogP contribution in [-0.2, 0) is 23.3 Å². The molecule has 0 atom stereocenters. The van der Waals surface area contributed by atoms with Crippen molar-refractivity contribution in [2.45, 2.75) is 85.5 Å². The second kappa shape index (κ2) is 12.6. The maximum absolute atomic E-state index is 12.3. The number of piperidine rings is 1. The number of alkyl carbamates (subject to hydrolysis) is 1. The highest BCUT2D eigenvalue weighted by Crippen LogP contribution is 2.39. The topological polar surface area (TPSA) is 99.3 Å². The highest BCUT2D eigenvalue weighted by molar-refractivity contribution is 6.76. The van der Waals surface area contributed by atoms with Crippen LogP contribution in [0.3, 0.4) is 0 Å². The van der Waals surface area contributed by atoms with Gasteiger partial charge in [0.2, 0.25) is 0 Å². The van der Waals surface area contributed by atoms with E-state index in [1.807, 2.05) is 53.1 Å². The predicted molar refractivity (Wildman–Crippen MR) is 185 cm³/mol. The molecule has 244 valence electrons. The van der Waals surface area contributed by atoms with Gasteiger partial charge in [0.25, 0.3) is 0 Å². The van der Waals surface area contributed by atoms with Crippen molar-refractivity contribution in [1.29, 1.82) is 0 Å². The Labute approximate surface area is 272 Å². The number of hydrogen-bond acceptors (Lipinski definition) is 7. The molecule has 12 heteroatoms. The fourth-order valence-corrected chi connectivity index (χ4v) is 6.79. The third-order valence-corrected chi connectivity index (χ3v) is 10.5. The van der Waals surface area contributed by atoms with Crippen LogP contribution in [0.2, 0.25) is 30.7 Å². The van der Waals surface area contributed by atoms with Crippen LogP contribution in [-0.4, -0.2) is 70.3 Å². The minimum atomic E-state index is -1.23. The number of aromatic nitrogens is 5. The number of carbonyl (C=O) groups is 1. The molecule has 1 aliphatic heterocycles. The van der Waals surface area contributed by atoms with Crippen LogP contribution in [0.25, 0.3) is 33.2 Å². The Kier molecular flexibility index (Phi) is 9.27. The van der Waals surface area contributed by atoms with Gasteiger partial charge in [0.05, 0.1) is 16.2 Å². The first-order chi connectivity index (χ1) is 21.0. The van der Waals surface area contributed by atoms with Gasteiger partial charge in [0.1, 0.15) is 17.8 Å². The number of halogens is 1. The summed E-state index contributed by atoms with van der Waals surface area (Å²) in [4.78, 5) is 25.0. The lowest BCUT2D eigenvalue weighted by Gasteiger charge is -2.40. The molecule has 1 saturated heterocycles. The van der Waals surface area contributed by atoms with E-state index in [0.29, 0.717) is 24.9 Å². The number of nitrogens with one attached hydrogen (secondary N) is 1. The molecule has 0 unspecified atom stereocenters. The number of anilines is 1. The van der Waals surface area contributed by atoms with Crippen molar-refractivity contribution in [3.63, 3.8) is 0 Å². The largest absolute Gasteiger partial charge is 0.444 e. The van der Waals surface area contributed by atoms with Crippen LogP contribution in [0.15, 0.2) is 24.5 Å². The monoisotopic (exact) mass is 653 g/mol. The Morgan fingerprint density at radius 1 is 1.11 bits per heavy atom. The molecule has 1 fully saturated rings. The lowest BCUT2D eigenvalue weighted by molar-refractivity contribution is 0.0495. The van der Waals surface area contributed by atoms with Crippen molar-refractivity contribution in [1.82, 2.24) is 29.6 Å². The Bertz CT molecular complexity index is 1690. The van der Waals surface area contributed by atoms with Gasteiger partial charge in [-0.05, 0) is 58.1 Å². The molecule has 0 saturated carbocycles. The van der Waals surface area contributed by atoms with Crippen LogP contribution >= 0.6 is 11.6 Å². The van der Waals surface area contributed by atoms with Crippen molar-refractivity contribution in [3.8, 4) is 11.1 Å². The number of hydrogen-bond donors (Lipinski definition) is 1. The molecule has 3 aromatic heterocycles. The third kappa shape index (κ3) is 7.81. The summed E-state index contributed by atoms with van der Waals surface area (Å²) in [5, 5.41) is 9.05. The average Bonchev–Trinajstić information content (AvgIpc) is 3.49. The van der Waals surface area contributed by atoms with Crippen molar-refractivity contribution < 1.29 is 14.3 Å². The molecule has 0 radical (unpaired) electrons. The Hall–Kier alpha value is -3.15. The number of nitrogens with zero attached hydrogens (tertiary/aromatic N) is 6. The molecule has 1 aromatic carbocycles. The van der Waals surface area contributed by atoms with Crippen molar-refractivity contribution in [2.75, 3.05) is 31.1 Å². The van der Waals surface area contributed by atoms with Crippen molar-refractivity contribution in [3.05, 3.63) is 35.2 Å². The average molecular weight is 654 g/mol. The summed E-state index contributed by atoms with van der Waals surface area (Å²) in [6.45, 7) is 20.2. The minimum absolute atomic E-state index is 0.0296. The highest BCUT2D eigenvalue weighted by Gasteiger charge is 2.33. The minimum Gasteiger partial charge on any atom is -0.444 e. The fourth-order valence-electron chi connectivity index (χ4n) is 5.72. The van der Waals surface area contributed by atoms with E-state index in [9.17, 15) is 4.79 Å². The van der Waals surface area contributed by atoms with E-state index in [1.54, 1.807) is 4.68 Å². The molecule has 0 spiro atoms. The number of aryl methyl sites for hydroxylation is 2. The second-order valence-corrected chi connectivity index (χ2v) is 21.0. The number of ether oxygens (including phenoxy) is 2. The standard InChI is InChI=1S/C33H48ClN7O3Si/c1-22-29(40-14-12-33(5,13-15-40)20-35-31(42)44-32(2,3)4)37-30-28(36-22)24(19-41(30)21-43-16-17-45(7,8)9)23-10-11-26-25(27(23)34)18-39(6)38-26/h10-11,18-19H,12-17,20-21H2,1-9H3,(H,35,42). The van der Waals surface area contributed by atoms with Crippen LogP contribution in [0.1, 0.15) is 46.2 Å². The van der Waals surface area contributed by atoms with E-state index in [2.05, 4.69) is 52.6 Å². The summed E-state index contributed by atoms with van der Waals surface area (Å²) < 4.78 is 15.5. The maximum Gasteiger partial charge on any atom is 0.407 e. The third-order valence-electron chi connectivity index (χ3n) is 8.42. The summed E-state index contributed by atoms with van der Waals surface area (Å²) in [5.41, 5.74) is 4.59. The molecule has 10 nitrogen and oxygen atoms in total. The molecule has 1 N–H and O–H groups in total. The van der Waals surface area contributed by atoms with Gasteiger partial charge in [-0.3, -0.25) is 4.68 Å². The van der Waals surface area contributed by atoms with E-state index in [-0.39, 0.29) is 11.5 Å². The maximum atomic E-state index is 12.3. The molecule has 5 rings (SSSR count). The molecular formula is C33H48ClN7O3Si. The summed E-state index contributed by atoms with van der Waals surface area (Å²) in [6.07, 6.45) is 5.47. The van der Waals surface area contributed by atoms with Crippen molar-refractivity contribution in [2.24, 2.45) is 12.5 Å². The van der Waals surface area contributed by atoms with Gasteiger partial charge in [-0.25, -0.2) is 14.8 Å². The summed E-state index contributed by atoms with van der Waals surface area (Å²) in [5.74, 6) is 0.881. The summed E-state index contributed by atoms with van der Waals surface area (Å²) in [7, 11) is 0.673. The SMILES string of the molecule is Cc1nc2c(-c3ccc4nn(C)cc4c3Cl)cn(COCC[Si](C)(C)C)c2nc1N1CCC(C)(CNC(=O)OC(C)(C)C)CC1. The normalized spacial score (nSPS) is 15.6. The van der Waals surface area contributed by atoms with Crippen LogP contribution in [0, 0.1) is 12.3 Å². The summed E-state index contributed by atoms with van der Waals surface area (Å²) in [6, 6.07) is 5.11. The molecule has 4 heterocycles. The van der Waals surface area contributed by atoms with Gasteiger partial charge in [-0.1, -0.05) is 44.2 Å². The number of rotatable bonds is 9. The summed E-state index contributed by atoms with van der Waals surface area (Å²) >= 11 is 6.99. The number of carbonyl (C=O) groups excluding carboxylic acids is 1. The Balaban J connectivity index is 1.42. The first kappa shape index (κ1) is 33.2. The molecule has 45 heavy (non-hydrogen) atoms. The van der Waals surface area contributed by atoms with Gasteiger partial charge in [0, 0.05) is 70.3 Å². The highest BCUT2D eigenvalue weighted by atomic mass is 35.5. The zero-order chi connectivity index (χ0) is 32.7. The van der Waals surface area contributed by atoms with Gasteiger partial charge in [-0.15, -0.1) is 0 Å². The van der Waals surface area contributed by atoms with E-state index in [0.717, 1.165) is 76.7 Å². The number of amides is 1. The predicted octanol–water partition coefficient (Wildman–Crippen LogP) is 7.39. The molecular weight excluding hydrogens is 606 g/mol. The molecule has 0 aliphatic carbocycles. The number of fused-ring (bicyclic) bond motifs is 2. The lowest BCUT2D eigenvalue weighted by Crippen LogP contribution is -2.46.